The van der Waals surface area contributed by atoms with Gasteiger partial charge in [0.2, 0.25) is 5.91 Å². The predicted molar refractivity (Wildman–Crippen MR) is 98.9 cm³/mol. The van der Waals surface area contributed by atoms with Gasteiger partial charge in [0.25, 0.3) is 0 Å². The Morgan fingerprint density at radius 1 is 1.00 bits per heavy atom. The number of hydrogen-bond donors (Lipinski definition) is 1. The number of rotatable bonds is 6. The lowest BCUT2D eigenvalue weighted by molar-refractivity contribution is -0.127. The molecule has 1 saturated carbocycles. The molecule has 1 aliphatic carbocycles. The van der Waals surface area contributed by atoms with Crippen molar-refractivity contribution in [1.82, 2.24) is 5.32 Å². The maximum atomic E-state index is 12.5. The Bertz CT molecular complexity index is 688. The van der Waals surface area contributed by atoms with Crippen LogP contribution in [0.25, 0.3) is 0 Å². The SMILES string of the molecule is N#CC1(C(=O)NCCC(c2ccccc2)c2ccccc2)CCCC1. The summed E-state index contributed by atoms with van der Waals surface area (Å²) in [5.41, 5.74) is 1.70. The van der Waals surface area contributed by atoms with Crippen LogP contribution in [-0.2, 0) is 4.79 Å². The number of nitrogens with one attached hydrogen (secondary N) is 1. The Labute approximate surface area is 149 Å². The molecule has 0 spiro atoms. The first-order valence-corrected chi connectivity index (χ1v) is 9.05. The zero-order valence-corrected chi connectivity index (χ0v) is 14.4. The third-order valence-electron chi connectivity index (χ3n) is 5.23. The van der Waals surface area contributed by atoms with Crippen molar-refractivity contribution in [2.45, 2.75) is 38.0 Å². The molecule has 3 rings (SSSR count). The van der Waals surface area contributed by atoms with Crippen LogP contribution in [0.1, 0.15) is 49.1 Å². The van der Waals surface area contributed by atoms with E-state index < -0.39 is 5.41 Å². The number of nitrogens with zero attached hydrogens (tertiary/aromatic N) is 1. The lowest BCUT2D eigenvalue weighted by Gasteiger charge is -2.22. The molecule has 0 heterocycles. The topological polar surface area (TPSA) is 52.9 Å². The van der Waals surface area contributed by atoms with Gasteiger partial charge in [-0.05, 0) is 30.4 Å². The lowest BCUT2D eigenvalue weighted by atomic mass is 9.86. The Balaban J connectivity index is 1.68. The number of carbonyl (C=O) groups excluding carboxylic acids is 1. The molecule has 0 radical (unpaired) electrons. The van der Waals surface area contributed by atoms with Crippen LogP contribution < -0.4 is 5.32 Å². The minimum absolute atomic E-state index is 0.0904. The van der Waals surface area contributed by atoms with Crippen LogP contribution in [0.15, 0.2) is 60.7 Å². The van der Waals surface area contributed by atoms with Crippen LogP contribution in [0.2, 0.25) is 0 Å². The van der Waals surface area contributed by atoms with E-state index in [-0.39, 0.29) is 11.8 Å². The smallest absolute Gasteiger partial charge is 0.240 e. The van der Waals surface area contributed by atoms with Gasteiger partial charge in [-0.2, -0.15) is 5.26 Å². The summed E-state index contributed by atoms with van der Waals surface area (Å²) in [4.78, 5) is 12.5. The molecule has 0 unspecified atom stereocenters. The van der Waals surface area contributed by atoms with E-state index >= 15 is 0 Å². The van der Waals surface area contributed by atoms with Crippen LogP contribution in [0.5, 0.6) is 0 Å². The van der Waals surface area contributed by atoms with E-state index in [9.17, 15) is 10.1 Å². The maximum Gasteiger partial charge on any atom is 0.240 e. The zero-order chi connectivity index (χ0) is 17.5. The van der Waals surface area contributed by atoms with Gasteiger partial charge in [0.05, 0.1) is 6.07 Å². The molecule has 2 aromatic rings. The summed E-state index contributed by atoms with van der Waals surface area (Å²) < 4.78 is 0. The highest BCUT2D eigenvalue weighted by molar-refractivity contribution is 5.85. The molecular weight excluding hydrogens is 308 g/mol. The fourth-order valence-corrected chi connectivity index (χ4v) is 3.76. The molecule has 128 valence electrons. The average molecular weight is 332 g/mol. The van der Waals surface area contributed by atoms with Crippen molar-refractivity contribution in [3.63, 3.8) is 0 Å². The standard InChI is InChI=1S/C22H24N2O/c23-17-22(14-7-8-15-22)21(25)24-16-13-20(18-9-3-1-4-10-18)19-11-5-2-6-12-19/h1-6,9-12,20H,7-8,13-16H2,(H,24,25). The van der Waals surface area contributed by atoms with Crippen molar-refractivity contribution in [2.75, 3.05) is 6.54 Å². The summed E-state index contributed by atoms with van der Waals surface area (Å²) in [5.74, 6) is 0.150. The lowest BCUT2D eigenvalue weighted by Crippen LogP contribution is -2.39. The van der Waals surface area contributed by atoms with Gasteiger partial charge in [0.15, 0.2) is 0 Å². The normalized spacial score (nSPS) is 15.7. The molecule has 1 N–H and O–H groups in total. The van der Waals surface area contributed by atoms with E-state index in [4.69, 9.17) is 0 Å². The zero-order valence-electron chi connectivity index (χ0n) is 14.4. The summed E-state index contributed by atoms with van der Waals surface area (Å²) >= 11 is 0. The van der Waals surface area contributed by atoms with Crippen LogP contribution in [0.3, 0.4) is 0 Å². The number of carbonyl (C=O) groups is 1. The van der Waals surface area contributed by atoms with Crippen molar-refractivity contribution in [3.05, 3.63) is 71.8 Å². The molecule has 2 aromatic carbocycles. The summed E-state index contributed by atoms with van der Waals surface area (Å²) in [6.45, 7) is 0.580. The Morgan fingerprint density at radius 3 is 2.00 bits per heavy atom. The monoisotopic (exact) mass is 332 g/mol. The van der Waals surface area contributed by atoms with Gasteiger partial charge in [-0.15, -0.1) is 0 Å². The van der Waals surface area contributed by atoms with Gasteiger partial charge >= 0.3 is 0 Å². The molecule has 3 heteroatoms. The first-order chi connectivity index (χ1) is 12.2. The van der Waals surface area contributed by atoms with Gasteiger partial charge in [-0.3, -0.25) is 4.79 Å². The van der Waals surface area contributed by atoms with Crippen LogP contribution in [-0.4, -0.2) is 12.5 Å². The Hall–Kier alpha value is -2.60. The largest absolute Gasteiger partial charge is 0.355 e. The van der Waals surface area contributed by atoms with E-state index in [1.807, 2.05) is 36.4 Å². The molecule has 1 fully saturated rings. The predicted octanol–water partition coefficient (Wildman–Crippen LogP) is 4.41. The Kier molecular flexibility index (Phi) is 5.50. The fraction of sp³-hybridized carbons (Fsp3) is 0.364. The summed E-state index contributed by atoms with van der Waals surface area (Å²) in [5, 5.41) is 12.5. The van der Waals surface area contributed by atoms with Gasteiger partial charge in [-0.25, -0.2) is 0 Å². The van der Waals surface area contributed by atoms with E-state index in [1.165, 1.54) is 11.1 Å². The van der Waals surface area contributed by atoms with E-state index in [0.717, 1.165) is 19.3 Å². The number of benzene rings is 2. The molecule has 1 aliphatic rings. The van der Waals surface area contributed by atoms with Gasteiger partial charge in [0.1, 0.15) is 5.41 Å². The van der Waals surface area contributed by atoms with Crippen LogP contribution >= 0.6 is 0 Å². The quantitative estimate of drug-likeness (QED) is 0.852. The van der Waals surface area contributed by atoms with Crippen molar-refractivity contribution in [2.24, 2.45) is 5.41 Å². The second-order valence-corrected chi connectivity index (χ2v) is 6.82. The molecule has 0 atom stereocenters. The van der Waals surface area contributed by atoms with Gasteiger partial charge in [-0.1, -0.05) is 73.5 Å². The molecule has 0 aliphatic heterocycles. The van der Waals surface area contributed by atoms with Crippen molar-refractivity contribution >= 4 is 5.91 Å². The average Bonchev–Trinajstić information content (AvgIpc) is 3.17. The first-order valence-electron chi connectivity index (χ1n) is 9.05. The van der Waals surface area contributed by atoms with Crippen molar-refractivity contribution < 1.29 is 4.79 Å². The fourth-order valence-electron chi connectivity index (χ4n) is 3.76. The number of nitriles is 1. The highest BCUT2D eigenvalue weighted by Gasteiger charge is 2.41. The van der Waals surface area contributed by atoms with Crippen LogP contribution in [0.4, 0.5) is 0 Å². The summed E-state index contributed by atoms with van der Waals surface area (Å²) in [6.07, 6.45) is 4.14. The van der Waals surface area contributed by atoms with Gasteiger partial charge in [0, 0.05) is 12.5 Å². The van der Waals surface area contributed by atoms with E-state index in [2.05, 4.69) is 35.7 Å². The second kappa shape index (κ2) is 7.98. The molecule has 1 amide bonds. The molecule has 0 bridgehead atoms. The maximum absolute atomic E-state index is 12.5. The van der Waals surface area contributed by atoms with Crippen molar-refractivity contribution in [1.29, 1.82) is 5.26 Å². The molecule has 0 saturated heterocycles. The minimum Gasteiger partial charge on any atom is -0.355 e. The van der Waals surface area contributed by atoms with Crippen LogP contribution in [0, 0.1) is 16.7 Å². The molecular formula is C22H24N2O. The van der Waals surface area contributed by atoms with E-state index in [1.54, 1.807) is 0 Å². The highest BCUT2D eigenvalue weighted by Crippen LogP contribution is 2.37. The highest BCUT2D eigenvalue weighted by atomic mass is 16.2. The van der Waals surface area contributed by atoms with E-state index in [0.29, 0.717) is 19.4 Å². The second-order valence-electron chi connectivity index (χ2n) is 6.82. The Morgan fingerprint density at radius 2 is 1.52 bits per heavy atom. The number of hydrogen-bond acceptors (Lipinski definition) is 2. The molecule has 25 heavy (non-hydrogen) atoms. The summed E-state index contributed by atoms with van der Waals surface area (Å²) in [6, 6.07) is 23.0. The molecule has 0 aromatic heterocycles. The van der Waals surface area contributed by atoms with Crippen molar-refractivity contribution in [3.8, 4) is 6.07 Å². The molecule has 3 nitrogen and oxygen atoms in total. The minimum atomic E-state index is -0.797. The number of amides is 1. The third kappa shape index (κ3) is 3.91. The summed E-state index contributed by atoms with van der Waals surface area (Å²) in [7, 11) is 0. The van der Waals surface area contributed by atoms with Gasteiger partial charge < -0.3 is 5.32 Å². The third-order valence-corrected chi connectivity index (χ3v) is 5.23. The first kappa shape index (κ1) is 17.2.